The molecule has 1 aliphatic rings. The zero-order valence-corrected chi connectivity index (χ0v) is 14.7. The molecular weight excluding hydrogens is 328 g/mol. The molecule has 0 unspecified atom stereocenters. The molecule has 0 atom stereocenters. The molecule has 0 spiro atoms. The molecule has 2 heterocycles. The average Bonchev–Trinajstić information content (AvgIpc) is 2.66. The van der Waals surface area contributed by atoms with Gasteiger partial charge in [-0.3, -0.25) is 9.59 Å². The molecule has 1 aromatic heterocycles. The fraction of sp³-hybridized carbons (Fsp3) is 0.300. The lowest BCUT2D eigenvalue weighted by Crippen LogP contribution is -2.37. The Balaban J connectivity index is 1.54. The van der Waals surface area contributed by atoms with Gasteiger partial charge in [-0.15, -0.1) is 5.10 Å². The summed E-state index contributed by atoms with van der Waals surface area (Å²) in [7, 11) is 0. The number of carbonyl (C=O) groups is 1. The molecule has 132 valence electrons. The van der Waals surface area contributed by atoms with Gasteiger partial charge in [-0.1, -0.05) is 35.0 Å². The first-order chi connectivity index (χ1) is 12.6. The van der Waals surface area contributed by atoms with Gasteiger partial charge in [0.1, 0.15) is 5.52 Å². The van der Waals surface area contributed by atoms with Crippen molar-refractivity contribution in [2.75, 3.05) is 11.4 Å². The van der Waals surface area contributed by atoms with Gasteiger partial charge in [0.05, 0.1) is 11.9 Å². The van der Waals surface area contributed by atoms with Gasteiger partial charge >= 0.3 is 0 Å². The fourth-order valence-electron chi connectivity index (χ4n) is 3.49. The average molecular weight is 348 g/mol. The summed E-state index contributed by atoms with van der Waals surface area (Å²) in [6.45, 7) is 3.01. The summed E-state index contributed by atoms with van der Waals surface area (Å²) < 4.78 is 1.28. The molecule has 6 nitrogen and oxygen atoms in total. The molecule has 0 bridgehead atoms. The van der Waals surface area contributed by atoms with Crippen LogP contribution in [-0.4, -0.2) is 27.4 Å². The Hall–Kier alpha value is -3.02. The number of fused-ring (bicyclic) bond motifs is 2. The maximum atomic E-state index is 12.8. The number of nitrogens with zero attached hydrogens (tertiary/aromatic N) is 4. The minimum absolute atomic E-state index is 0.0108. The van der Waals surface area contributed by atoms with Crippen molar-refractivity contribution in [2.45, 2.75) is 32.7 Å². The van der Waals surface area contributed by atoms with E-state index in [1.54, 1.807) is 18.2 Å². The van der Waals surface area contributed by atoms with E-state index in [1.807, 2.05) is 23.1 Å². The molecule has 0 aliphatic carbocycles. The Kier molecular flexibility index (Phi) is 4.24. The summed E-state index contributed by atoms with van der Waals surface area (Å²) >= 11 is 0. The van der Waals surface area contributed by atoms with Crippen LogP contribution in [0.15, 0.2) is 47.3 Å². The number of benzene rings is 2. The van der Waals surface area contributed by atoms with Crippen LogP contribution in [0.2, 0.25) is 0 Å². The van der Waals surface area contributed by atoms with Gasteiger partial charge in [-0.05, 0) is 43.5 Å². The van der Waals surface area contributed by atoms with Crippen molar-refractivity contribution in [3.8, 4) is 0 Å². The third-order valence-corrected chi connectivity index (χ3v) is 4.82. The van der Waals surface area contributed by atoms with Crippen LogP contribution in [-0.2, 0) is 17.8 Å². The highest BCUT2D eigenvalue weighted by Gasteiger charge is 2.22. The zero-order chi connectivity index (χ0) is 18.1. The first kappa shape index (κ1) is 16.4. The van der Waals surface area contributed by atoms with Crippen LogP contribution < -0.4 is 10.5 Å². The van der Waals surface area contributed by atoms with Gasteiger partial charge in [0, 0.05) is 18.7 Å². The van der Waals surface area contributed by atoms with Crippen molar-refractivity contribution in [3.63, 3.8) is 0 Å². The number of hydrogen-bond donors (Lipinski definition) is 0. The third kappa shape index (κ3) is 2.98. The second-order valence-electron chi connectivity index (χ2n) is 6.67. The zero-order valence-electron chi connectivity index (χ0n) is 14.7. The molecular formula is C20H20N4O2. The van der Waals surface area contributed by atoms with Gasteiger partial charge in [0.15, 0.2) is 0 Å². The van der Waals surface area contributed by atoms with Crippen molar-refractivity contribution in [2.24, 2.45) is 0 Å². The highest BCUT2D eigenvalue weighted by Crippen LogP contribution is 2.28. The SMILES string of the molecule is Cc1ccc2c(c1)CCCN2C(=O)CCn1nnc2ccccc2c1=O. The smallest absolute Gasteiger partial charge is 0.277 e. The van der Waals surface area contributed by atoms with E-state index in [-0.39, 0.29) is 24.4 Å². The van der Waals surface area contributed by atoms with E-state index in [4.69, 9.17) is 0 Å². The van der Waals surface area contributed by atoms with Crippen LogP contribution >= 0.6 is 0 Å². The van der Waals surface area contributed by atoms with Crippen molar-refractivity contribution in [3.05, 3.63) is 63.9 Å². The third-order valence-electron chi connectivity index (χ3n) is 4.82. The minimum atomic E-state index is -0.210. The summed E-state index contributed by atoms with van der Waals surface area (Å²) in [5.41, 5.74) is 3.77. The molecule has 26 heavy (non-hydrogen) atoms. The predicted octanol–water partition coefficient (Wildman–Crippen LogP) is 2.47. The molecule has 1 amide bonds. The molecule has 0 radical (unpaired) electrons. The standard InChI is InChI=1S/C20H20N4O2/c1-14-8-9-18-15(13-14)5-4-11-23(18)19(25)10-12-24-20(26)16-6-2-3-7-17(16)21-22-24/h2-3,6-9,13H,4-5,10-12H2,1H3. The first-order valence-electron chi connectivity index (χ1n) is 8.86. The fourth-order valence-corrected chi connectivity index (χ4v) is 3.49. The summed E-state index contributed by atoms with van der Waals surface area (Å²) in [4.78, 5) is 27.1. The van der Waals surface area contributed by atoms with E-state index >= 15 is 0 Å². The lowest BCUT2D eigenvalue weighted by molar-refractivity contribution is -0.119. The topological polar surface area (TPSA) is 68.1 Å². The maximum Gasteiger partial charge on any atom is 0.277 e. The van der Waals surface area contributed by atoms with Crippen LogP contribution in [0.25, 0.3) is 10.9 Å². The van der Waals surface area contributed by atoms with Crippen molar-refractivity contribution < 1.29 is 4.79 Å². The van der Waals surface area contributed by atoms with E-state index in [9.17, 15) is 9.59 Å². The molecule has 4 rings (SSSR count). The van der Waals surface area contributed by atoms with E-state index in [1.165, 1.54) is 15.8 Å². The van der Waals surface area contributed by atoms with Gasteiger partial charge in [-0.2, -0.15) is 0 Å². The first-order valence-corrected chi connectivity index (χ1v) is 8.86. The lowest BCUT2D eigenvalue weighted by Gasteiger charge is -2.30. The number of carbonyl (C=O) groups excluding carboxylic acids is 1. The number of aryl methyl sites for hydroxylation is 3. The van der Waals surface area contributed by atoms with Crippen molar-refractivity contribution in [1.29, 1.82) is 0 Å². The molecule has 2 aromatic carbocycles. The van der Waals surface area contributed by atoms with E-state index in [2.05, 4.69) is 23.3 Å². The minimum Gasteiger partial charge on any atom is -0.312 e. The Morgan fingerprint density at radius 2 is 2.04 bits per heavy atom. The second kappa shape index (κ2) is 6.71. The van der Waals surface area contributed by atoms with Crippen LogP contribution in [0.3, 0.4) is 0 Å². The molecule has 0 saturated heterocycles. The van der Waals surface area contributed by atoms with Crippen molar-refractivity contribution >= 4 is 22.5 Å². The monoisotopic (exact) mass is 348 g/mol. The second-order valence-corrected chi connectivity index (χ2v) is 6.67. The largest absolute Gasteiger partial charge is 0.312 e. The number of anilines is 1. The van der Waals surface area contributed by atoms with E-state index in [0.29, 0.717) is 17.4 Å². The van der Waals surface area contributed by atoms with Gasteiger partial charge < -0.3 is 4.90 Å². The van der Waals surface area contributed by atoms with Crippen LogP contribution in [0.1, 0.15) is 24.0 Å². The van der Waals surface area contributed by atoms with Crippen LogP contribution in [0.4, 0.5) is 5.69 Å². The summed E-state index contributed by atoms with van der Waals surface area (Å²) in [6, 6.07) is 13.3. The van der Waals surface area contributed by atoms with E-state index < -0.39 is 0 Å². The molecule has 0 fully saturated rings. The lowest BCUT2D eigenvalue weighted by atomic mass is 9.99. The Morgan fingerprint density at radius 1 is 1.19 bits per heavy atom. The Morgan fingerprint density at radius 3 is 2.92 bits per heavy atom. The molecule has 3 aromatic rings. The number of aromatic nitrogens is 3. The maximum absolute atomic E-state index is 12.8. The Labute approximate surface area is 151 Å². The highest BCUT2D eigenvalue weighted by atomic mass is 16.2. The molecule has 0 saturated carbocycles. The van der Waals surface area contributed by atoms with Crippen LogP contribution in [0.5, 0.6) is 0 Å². The van der Waals surface area contributed by atoms with Gasteiger partial charge in [0.25, 0.3) is 5.56 Å². The van der Waals surface area contributed by atoms with Gasteiger partial charge in [-0.25, -0.2) is 4.68 Å². The predicted molar refractivity (Wildman–Crippen MR) is 100 cm³/mol. The number of hydrogen-bond acceptors (Lipinski definition) is 4. The summed E-state index contributed by atoms with van der Waals surface area (Å²) in [6.07, 6.45) is 2.18. The summed E-state index contributed by atoms with van der Waals surface area (Å²) in [5, 5.41) is 8.55. The number of rotatable bonds is 3. The highest BCUT2D eigenvalue weighted by molar-refractivity contribution is 5.94. The molecule has 1 aliphatic heterocycles. The normalized spacial score (nSPS) is 13.7. The molecule has 0 N–H and O–H groups in total. The molecule has 6 heteroatoms. The summed E-state index contributed by atoms with van der Waals surface area (Å²) in [5.74, 6) is 0.0108. The quantitative estimate of drug-likeness (QED) is 0.729. The van der Waals surface area contributed by atoms with Crippen molar-refractivity contribution in [1.82, 2.24) is 15.0 Å². The van der Waals surface area contributed by atoms with Gasteiger partial charge in [0.2, 0.25) is 5.91 Å². The Bertz CT molecular complexity index is 1040. The number of amides is 1. The van der Waals surface area contributed by atoms with E-state index in [0.717, 1.165) is 18.5 Å². The van der Waals surface area contributed by atoms with Crippen LogP contribution in [0, 0.1) is 6.92 Å².